The Morgan fingerprint density at radius 1 is 0.875 bits per heavy atom. The lowest BCUT2D eigenvalue weighted by atomic mass is 9.94. The van der Waals surface area contributed by atoms with Gasteiger partial charge in [-0.2, -0.15) is 0 Å². The van der Waals surface area contributed by atoms with Gasteiger partial charge in [0.15, 0.2) is 0 Å². The van der Waals surface area contributed by atoms with Gasteiger partial charge >= 0.3 is 0 Å². The van der Waals surface area contributed by atoms with Crippen LogP contribution in [0.2, 0.25) is 0 Å². The third-order valence-corrected chi connectivity index (χ3v) is 8.69. The van der Waals surface area contributed by atoms with E-state index in [1.54, 1.807) is 35.2 Å². The predicted molar refractivity (Wildman–Crippen MR) is 159 cm³/mol. The summed E-state index contributed by atoms with van der Waals surface area (Å²) in [5.74, 6) is -0.638. The van der Waals surface area contributed by atoms with Crippen molar-refractivity contribution >= 4 is 27.5 Å². The van der Waals surface area contributed by atoms with E-state index in [0.717, 1.165) is 52.9 Å². The van der Waals surface area contributed by atoms with Gasteiger partial charge < -0.3 is 10.2 Å². The van der Waals surface area contributed by atoms with Crippen LogP contribution in [0.1, 0.15) is 48.8 Å². The maximum Gasteiger partial charge on any atom is 0.244 e. The summed E-state index contributed by atoms with van der Waals surface area (Å²) in [6.07, 6.45) is 6.56. The number of amides is 2. The number of carbonyl (C=O) groups excluding carboxylic acids is 2. The maximum atomic E-state index is 14.2. The van der Waals surface area contributed by atoms with E-state index in [-0.39, 0.29) is 18.5 Å². The molecule has 3 aromatic rings. The lowest BCUT2D eigenvalue weighted by molar-refractivity contribution is -0.140. The molecule has 7 nitrogen and oxygen atoms in total. The van der Waals surface area contributed by atoms with E-state index < -0.39 is 28.5 Å². The Hall–Kier alpha value is -3.65. The van der Waals surface area contributed by atoms with Gasteiger partial charge in [0.05, 0.1) is 11.9 Å². The molecule has 0 heterocycles. The van der Waals surface area contributed by atoms with Crippen molar-refractivity contribution in [1.82, 2.24) is 10.2 Å². The van der Waals surface area contributed by atoms with Crippen LogP contribution in [0.5, 0.6) is 0 Å². The van der Waals surface area contributed by atoms with Crippen LogP contribution in [0.15, 0.2) is 84.9 Å². The fourth-order valence-electron chi connectivity index (χ4n) is 5.28. The standard InChI is InChI=1S/C32H39N3O4S/c1-25-14-12-13-17-27(25)23-34(31(36)24-35(40(2,38)39)29-20-10-5-11-21-29)30(22-26-15-6-3-7-16-26)32(37)33-28-18-8-4-9-19-28/h3,5-7,10-17,20-21,28,30H,4,8-9,18-19,22-24H2,1-2H3,(H,33,37)/t30-/m1/s1. The van der Waals surface area contributed by atoms with Gasteiger partial charge in [0.1, 0.15) is 12.6 Å². The second-order valence-electron chi connectivity index (χ2n) is 10.6. The topological polar surface area (TPSA) is 86.8 Å². The van der Waals surface area contributed by atoms with E-state index >= 15 is 0 Å². The number of hydrogen-bond donors (Lipinski definition) is 1. The lowest BCUT2D eigenvalue weighted by Crippen LogP contribution is -2.55. The molecule has 212 valence electrons. The van der Waals surface area contributed by atoms with Crippen molar-refractivity contribution in [3.8, 4) is 0 Å². The quantitative estimate of drug-likeness (QED) is 0.363. The number of benzene rings is 3. The molecule has 1 saturated carbocycles. The molecule has 4 rings (SSSR count). The highest BCUT2D eigenvalue weighted by Gasteiger charge is 2.34. The number of rotatable bonds is 11. The van der Waals surface area contributed by atoms with Gasteiger partial charge in [0, 0.05) is 19.0 Å². The van der Waals surface area contributed by atoms with Gasteiger partial charge in [-0.15, -0.1) is 0 Å². The molecule has 1 atom stereocenters. The number of anilines is 1. The van der Waals surface area contributed by atoms with Crippen LogP contribution in [-0.2, 0) is 32.6 Å². The number of nitrogens with one attached hydrogen (secondary N) is 1. The molecular weight excluding hydrogens is 522 g/mol. The Kier molecular flexibility index (Phi) is 9.98. The third kappa shape index (κ3) is 7.94. The molecule has 1 N–H and O–H groups in total. The molecule has 0 saturated heterocycles. The minimum atomic E-state index is -3.77. The fourth-order valence-corrected chi connectivity index (χ4v) is 6.13. The zero-order valence-corrected chi connectivity index (χ0v) is 24.1. The molecule has 0 unspecified atom stereocenters. The van der Waals surface area contributed by atoms with E-state index in [0.29, 0.717) is 12.1 Å². The summed E-state index contributed by atoms with van der Waals surface area (Å²) in [6, 6.07) is 25.3. The monoisotopic (exact) mass is 561 g/mol. The average Bonchev–Trinajstić information content (AvgIpc) is 2.95. The van der Waals surface area contributed by atoms with Crippen LogP contribution in [0.3, 0.4) is 0 Å². The molecule has 0 bridgehead atoms. The van der Waals surface area contributed by atoms with E-state index in [4.69, 9.17) is 0 Å². The largest absolute Gasteiger partial charge is 0.352 e. The van der Waals surface area contributed by atoms with E-state index in [2.05, 4.69) is 5.32 Å². The van der Waals surface area contributed by atoms with Gasteiger partial charge in [0.25, 0.3) is 0 Å². The molecule has 1 fully saturated rings. The normalized spacial score (nSPS) is 14.8. The van der Waals surface area contributed by atoms with Gasteiger partial charge in [0.2, 0.25) is 21.8 Å². The second-order valence-corrected chi connectivity index (χ2v) is 12.5. The summed E-state index contributed by atoms with van der Waals surface area (Å²) in [5.41, 5.74) is 3.23. The SMILES string of the molecule is Cc1ccccc1CN(C(=O)CN(c1ccccc1)S(C)(=O)=O)[C@H](Cc1ccccc1)C(=O)NC1CCCCC1. The number of nitrogens with zero attached hydrogens (tertiary/aromatic N) is 2. The summed E-state index contributed by atoms with van der Waals surface area (Å²) >= 11 is 0. The van der Waals surface area contributed by atoms with Crippen molar-refractivity contribution in [3.63, 3.8) is 0 Å². The van der Waals surface area contributed by atoms with Crippen molar-refractivity contribution in [3.05, 3.63) is 102 Å². The number of hydrogen-bond acceptors (Lipinski definition) is 4. The molecule has 1 aliphatic rings. The highest BCUT2D eigenvalue weighted by atomic mass is 32.2. The van der Waals surface area contributed by atoms with Crippen molar-refractivity contribution in [1.29, 1.82) is 0 Å². The number of aryl methyl sites for hydroxylation is 1. The van der Waals surface area contributed by atoms with Crippen molar-refractivity contribution in [2.24, 2.45) is 0 Å². The lowest BCUT2D eigenvalue weighted by Gasteiger charge is -2.35. The zero-order valence-electron chi connectivity index (χ0n) is 23.3. The van der Waals surface area contributed by atoms with Gasteiger partial charge in [-0.1, -0.05) is 92.1 Å². The first kappa shape index (κ1) is 29.3. The predicted octanol–water partition coefficient (Wildman–Crippen LogP) is 4.85. The van der Waals surface area contributed by atoms with Crippen LogP contribution >= 0.6 is 0 Å². The number of sulfonamides is 1. The molecule has 8 heteroatoms. The van der Waals surface area contributed by atoms with Crippen LogP contribution in [0.25, 0.3) is 0 Å². The summed E-state index contributed by atoms with van der Waals surface area (Å²) in [6.45, 7) is 1.75. The van der Waals surface area contributed by atoms with E-state index in [9.17, 15) is 18.0 Å². The van der Waals surface area contributed by atoms with Gasteiger partial charge in [-0.3, -0.25) is 13.9 Å². The Morgan fingerprint density at radius 3 is 2.10 bits per heavy atom. The summed E-state index contributed by atoms with van der Waals surface area (Å²) < 4.78 is 26.8. The molecule has 0 spiro atoms. The first-order valence-corrected chi connectivity index (χ1v) is 15.8. The molecule has 1 aliphatic carbocycles. The van der Waals surface area contributed by atoms with Crippen LogP contribution < -0.4 is 9.62 Å². The first-order chi connectivity index (χ1) is 19.2. The average molecular weight is 562 g/mol. The fraction of sp³-hybridized carbons (Fsp3) is 0.375. The van der Waals surface area contributed by atoms with Crippen LogP contribution in [0, 0.1) is 6.92 Å². The maximum absolute atomic E-state index is 14.2. The summed E-state index contributed by atoms with van der Waals surface area (Å²) in [5, 5.41) is 3.23. The molecule has 0 radical (unpaired) electrons. The van der Waals surface area contributed by atoms with Crippen LogP contribution in [-0.4, -0.2) is 50.0 Å². The molecule has 0 aromatic heterocycles. The van der Waals surface area contributed by atoms with Gasteiger partial charge in [-0.25, -0.2) is 8.42 Å². The third-order valence-electron chi connectivity index (χ3n) is 7.55. The zero-order chi connectivity index (χ0) is 28.5. The molecule has 3 aromatic carbocycles. The Labute approximate surface area is 238 Å². The molecule has 0 aliphatic heterocycles. The van der Waals surface area contributed by atoms with E-state index in [1.807, 2.05) is 61.5 Å². The number of carbonyl (C=O) groups is 2. The Morgan fingerprint density at radius 2 is 1.48 bits per heavy atom. The summed E-state index contributed by atoms with van der Waals surface area (Å²) in [7, 11) is -3.77. The second kappa shape index (κ2) is 13.6. The Bertz CT molecular complexity index is 1370. The highest BCUT2D eigenvalue weighted by Crippen LogP contribution is 2.22. The molecule has 40 heavy (non-hydrogen) atoms. The van der Waals surface area contributed by atoms with Crippen molar-refractivity contribution < 1.29 is 18.0 Å². The van der Waals surface area contributed by atoms with Crippen molar-refractivity contribution in [2.45, 2.75) is 64.1 Å². The van der Waals surface area contributed by atoms with Gasteiger partial charge in [-0.05, 0) is 48.6 Å². The van der Waals surface area contributed by atoms with Crippen molar-refractivity contribution in [2.75, 3.05) is 17.1 Å². The molecule has 2 amide bonds. The highest BCUT2D eigenvalue weighted by molar-refractivity contribution is 7.92. The number of para-hydroxylation sites is 1. The van der Waals surface area contributed by atoms with Crippen LogP contribution in [0.4, 0.5) is 5.69 Å². The first-order valence-electron chi connectivity index (χ1n) is 13.9. The Balaban J connectivity index is 1.72. The molecular formula is C32H39N3O4S. The minimum absolute atomic E-state index is 0.0757. The van der Waals surface area contributed by atoms with E-state index in [1.165, 1.54) is 6.42 Å². The smallest absolute Gasteiger partial charge is 0.244 e. The minimum Gasteiger partial charge on any atom is -0.352 e. The summed E-state index contributed by atoms with van der Waals surface area (Å²) in [4.78, 5) is 29.7.